The quantitative estimate of drug-likeness (QED) is 0.828. The zero-order chi connectivity index (χ0) is 21.0. The predicted molar refractivity (Wildman–Crippen MR) is 121 cm³/mol. The van der Waals surface area contributed by atoms with Crippen LogP contribution in [0.3, 0.4) is 0 Å². The summed E-state index contributed by atoms with van der Waals surface area (Å²) in [6, 6.07) is 10.6. The molecule has 156 valence electrons. The predicted octanol–water partition coefficient (Wildman–Crippen LogP) is 3.42. The summed E-state index contributed by atoms with van der Waals surface area (Å²) in [6.07, 6.45) is 4.34. The zero-order valence-corrected chi connectivity index (χ0v) is 18.3. The number of hydrogen-bond donors (Lipinski definition) is 2. The third-order valence-electron chi connectivity index (χ3n) is 5.43. The molecule has 2 aliphatic heterocycles. The number of fused-ring (bicyclic) bond motifs is 1. The second kappa shape index (κ2) is 9.27. The molecule has 0 aliphatic carbocycles. The molecule has 6 nitrogen and oxygen atoms in total. The number of rotatable bonds is 4. The maximum absolute atomic E-state index is 5.89. The number of aromatic nitrogens is 2. The lowest BCUT2D eigenvalue weighted by Gasteiger charge is -2.38. The number of anilines is 1. The van der Waals surface area contributed by atoms with Crippen LogP contribution < -0.4 is 11.1 Å². The van der Waals surface area contributed by atoms with Crippen molar-refractivity contribution in [3.05, 3.63) is 53.3 Å². The van der Waals surface area contributed by atoms with Gasteiger partial charge in [0.1, 0.15) is 0 Å². The van der Waals surface area contributed by atoms with E-state index in [9.17, 15) is 0 Å². The largest absolute Gasteiger partial charge is 0.368 e. The van der Waals surface area contributed by atoms with Gasteiger partial charge in [0.2, 0.25) is 5.95 Å². The Morgan fingerprint density at radius 3 is 2.55 bits per heavy atom. The van der Waals surface area contributed by atoms with Gasteiger partial charge in [0, 0.05) is 19.3 Å². The molecule has 1 fully saturated rings. The van der Waals surface area contributed by atoms with Crippen LogP contribution in [-0.4, -0.2) is 53.1 Å². The maximum atomic E-state index is 5.89. The lowest BCUT2D eigenvalue weighted by atomic mass is 9.94. The van der Waals surface area contributed by atoms with E-state index >= 15 is 0 Å². The van der Waals surface area contributed by atoms with Crippen molar-refractivity contribution in [1.29, 1.82) is 0 Å². The Kier molecular flexibility index (Phi) is 6.75. The standard InChI is InChI=1S/C21H28N6.C2H6/c1-14-4-6-16(7-5-14)19-20(17-8-10-23-21(22)24-17)27-11-9-15(13-26(2)3)12-18(27)25-19;1-2/h4-8,10,15,18,25H,9,11-13H2,1-3H3,(H2,22,23,24);1-2H3. The molecule has 4 rings (SSSR count). The topological polar surface area (TPSA) is 70.3 Å². The normalized spacial score (nSPS) is 20.8. The molecular weight excluding hydrogens is 360 g/mol. The summed E-state index contributed by atoms with van der Waals surface area (Å²) in [6.45, 7) is 8.26. The van der Waals surface area contributed by atoms with E-state index in [1.807, 2.05) is 19.9 Å². The number of nitrogens with zero attached hydrogens (tertiary/aromatic N) is 4. The fourth-order valence-electron chi connectivity index (χ4n) is 4.22. The van der Waals surface area contributed by atoms with Crippen LogP contribution in [0, 0.1) is 12.8 Å². The number of nitrogens with two attached hydrogens (primary N) is 1. The second-order valence-electron chi connectivity index (χ2n) is 7.90. The van der Waals surface area contributed by atoms with Gasteiger partial charge in [-0.2, -0.15) is 0 Å². The molecule has 29 heavy (non-hydrogen) atoms. The molecule has 3 N–H and O–H groups in total. The van der Waals surface area contributed by atoms with Crippen molar-refractivity contribution < 1.29 is 0 Å². The molecule has 0 radical (unpaired) electrons. The molecule has 0 amide bonds. The summed E-state index contributed by atoms with van der Waals surface area (Å²) in [5.41, 5.74) is 11.5. The first-order valence-electron chi connectivity index (χ1n) is 10.6. The Balaban J connectivity index is 0.00000117. The van der Waals surface area contributed by atoms with Crippen molar-refractivity contribution in [1.82, 2.24) is 25.1 Å². The first kappa shape index (κ1) is 21.1. The zero-order valence-electron chi connectivity index (χ0n) is 18.3. The lowest BCUT2D eigenvalue weighted by molar-refractivity contribution is 0.151. The van der Waals surface area contributed by atoms with Crippen LogP contribution in [0.2, 0.25) is 0 Å². The van der Waals surface area contributed by atoms with Gasteiger partial charge >= 0.3 is 0 Å². The summed E-state index contributed by atoms with van der Waals surface area (Å²) >= 11 is 0. The van der Waals surface area contributed by atoms with E-state index in [4.69, 9.17) is 5.73 Å². The highest BCUT2D eigenvalue weighted by Crippen LogP contribution is 2.39. The fraction of sp³-hybridized carbons (Fsp3) is 0.478. The Morgan fingerprint density at radius 1 is 1.17 bits per heavy atom. The lowest BCUT2D eigenvalue weighted by Crippen LogP contribution is -2.45. The van der Waals surface area contributed by atoms with E-state index in [-0.39, 0.29) is 0 Å². The van der Waals surface area contributed by atoms with E-state index in [0.29, 0.717) is 18.0 Å². The van der Waals surface area contributed by atoms with Gasteiger partial charge in [0.25, 0.3) is 0 Å². The van der Waals surface area contributed by atoms with Crippen LogP contribution in [-0.2, 0) is 0 Å². The molecule has 3 heterocycles. The van der Waals surface area contributed by atoms with Gasteiger partial charge in [-0.3, -0.25) is 0 Å². The van der Waals surface area contributed by atoms with Crippen LogP contribution in [0.15, 0.2) is 36.5 Å². The summed E-state index contributed by atoms with van der Waals surface area (Å²) in [7, 11) is 4.30. The van der Waals surface area contributed by atoms with E-state index in [0.717, 1.165) is 36.6 Å². The first-order valence-corrected chi connectivity index (χ1v) is 10.6. The van der Waals surface area contributed by atoms with Crippen LogP contribution >= 0.6 is 0 Å². The molecule has 2 unspecified atom stereocenters. The molecule has 1 saturated heterocycles. The molecule has 2 aromatic rings. The monoisotopic (exact) mass is 394 g/mol. The molecule has 0 bridgehead atoms. The third-order valence-corrected chi connectivity index (χ3v) is 5.43. The minimum absolute atomic E-state index is 0.297. The summed E-state index contributed by atoms with van der Waals surface area (Å²) in [5.74, 6) is 1.01. The van der Waals surface area contributed by atoms with Crippen molar-refractivity contribution in [2.24, 2.45) is 5.92 Å². The van der Waals surface area contributed by atoms with Crippen molar-refractivity contribution >= 4 is 17.3 Å². The van der Waals surface area contributed by atoms with Gasteiger partial charge in [-0.1, -0.05) is 43.7 Å². The second-order valence-corrected chi connectivity index (χ2v) is 7.90. The molecule has 0 saturated carbocycles. The number of hydrogen-bond acceptors (Lipinski definition) is 6. The van der Waals surface area contributed by atoms with E-state index in [1.165, 1.54) is 17.5 Å². The first-order chi connectivity index (χ1) is 14.0. The Labute approximate surface area is 174 Å². The van der Waals surface area contributed by atoms with Gasteiger partial charge in [-0.25, -0.2) is 9.97 Å². The van der Waals surface area contributed by atoms with E-state index in [2.05, 4.69) is 70.4 Å². The molecule has 1 aromatic carbocycles. The van der Waals surface area contributed by atoms with Gasteiger partial charge in [-0.15, -0.1) is 0 Å². The summed E-state index contributed by atoms with van der Waals surface area (Å²) in [5, 5.41) is 3.79. The number of nitrogen functional groups attached to an aromatic ring is 1. The Hall–Kier alpha value is -2.60. The highest BCUT2D eigenvalue weighted by molar-refractivity contribution is 5.90. The average Bonchev–Trinajstić information content (AvgIpc) is 3.08. The fourth-order valence-corrected chi connectivity index (χ4v) is 4.22. The number of benzene rings is 1. The van der Waals surface area contributed by atoms with Crippen molar-refractivity contribution in [3.63, 3.8) is 0 Å². The van der Waals surface area contributed by atoms with Crippen LogP contribution in [0.5, 0.6) is 0 Å². The summed E-state index contributed by atoms with van der Waals surface area (Å²) in [4.78, 5) is 13.3. The van der Waals surface area contributed by atoms with Crippen LogP contribution in [0.4, 0.5) is 5.95 Å². The van der Waals surface area contributed by atoms with Gasteiger partial charge < -0.3 is 20.9 Å². The molecular formula is C23H34N6. The van der Waals surface area contributed by atoms with Crippen molar-refractivity contribution in [3.8, 4) is 0 Å². The highest BCUT2D eigenvalue weighted by atomic mass is 15.3. The van der Waals surface area contributed by atoms with E-state index in [1.54, 1.807) is 6.20 Å². The smallest absolute Gasteiger partial charge is 0.220 e. The molecule has 6 heteroatoms. The van der Waals surface area contributed by atoms with Crippen LogP contribution in [0.25, 0.3) is 11.4 Å². The molecule has 2 atom stereocenters. The van der Waals surface area contributed by atoms with Gasteiger partial charge in [0.05, 0.1) is 23.3 Å². The summed E-state index contributed by atoms with van der Waals surface area (Å²) < 4.78 is 0. The Bertz CT molecular complexity index is 843. The number of nitrogens with one attached hydrogen (secondary N) is 1. The molecule has 1 aromatic heterocycles. The highest BCUT2D eigenvalue weighted by Gasteiger charge is 2.38. The van der Waals surface area contributed by atoms with Crippen LogP contribution in [0.1, 0.15) is 43.5 Å². The van der Waals surface area contributed by atoms with E-state index < -0.39 is 0 Å². The maximum Gasteiger partial charge on any atom is 0.220 e. The molecule has 0 spiro atoms. The van der Waals surface area contributed by atoms with Crippen molar-refractivity contribution in [2.75, 3.05) is 32.9 Å². The van der Waals surface area contributed by atoms with Gasteiger partial charge in [0.15, 0.2) is 0 Å². The van der Waals surface area contributed by atoms with Gasteiger partial charge in [-0.05, 0) is 51.4 Å². The average molecular weight is 395 g/mol. The minimum Gasteiger partial charge on any atom is -0.368 e. The number of aryl methyl sites for hydroxylation is 1. The SMILES string of the molecule is CC.Cc1ccc(C2=C(c3ccnc(N)n3)N3CCC(CN(C)C)CC3N2)cc1. The number of piperidine rings is 1. The Morgan fingerprint density at radius 2 is 1.90 bits per heavy atom. The van der Waals surface area contributed by atoms with Crippen molar-refractivity contribution in [2.45, 2.75) is 39.8 Å². The molecule has 2 aliphatic rings. The third kappa shape index (κ3) is 4.70. The minimum atomic E-state index is 0.297.